The molecule has 0 heterocycles. The van der Waals surface area contributed by atoms with Crippen LogP contribution in [-0.2, 0) is 0 Å². The molecule has 0 radical (unpaired) electrons. The third-order valence-electron chi connectivity index (χ3n) is 1.49. The van der Waals surface area contributed by atoms with Crippen molar-refractivity contribution < 1.29 is 0 Å². The molecule has 0 aromatic heterocycles. The van der Waals surface area contributed by atoms with Crippen LogP contribution in [0.15, 0.2) is 0 Å². The fraction of sp³-hybridized carbons (Fsp3) is 0.778. The zero-order valence-corrected chi connectivity index (χ0v) is 9.28. The van der Waals surface area contributed by atoms with Gasteiger partial charge >= 0.3 is 0 Å². The largest absolute Gasteiger partial charge is 0.306 e. The van der Waals surface area contributed by atoms with E-state index < -0.39 is 0 Å². The first-order valence-electron chi connectivity index (χ1n) is 4.21. The summed E-state index contributed by atoms with van der Waals surface area (Å²) >= 11 is 2.06. The van der Waals surface area contributed by atoms with E-state index in [0.29, 0.717) is 0 Å². The summed E-state index contributed by atoms with van der Waals surface area (Å²) in [7, 11) is 0. The summed E-state index contributed by atoms with van der Waals surface area (Å²) in [6.45, 7) is 4.19. The molecule has 0 aromatic rings. The van der Waals surface area contributed by atoms with Gasteiger partial charge < -0.3 is 5.32 Å². The SMILES string of the molecule is CCCCCCNCC#CI. The second kappa shape index (κ2) is 10.2. The maximum atomic E-state index is 3.27. The normalized spacial score (nSPS) is 8.91. The molecule has 0 aliphatic heterocycles. The van der Waals surface area contributed by atoms with E-state index in [1.165, 1.54) is 25.7 Å². The van der Waals surface area contributed by atoms with Crippen molar-refractivity contribution in [1.82, 2.24) is 5.32 Å². The molecule has 1 nitrogen and oxygen atoms in total. The van der Waals surface area contributed by atoms with Crippen LogP contribution in [0, 0.1) is 9.85 Å². The maximum Gasteiger partial charge on any atom is 0.0584 e. The lowest BCUT2D eigenvalue weighted by Crippen LogP contribution is -2.14. The number of hydrogen-bond acceptors (Lipinski definition) is 1. The molecule has 0 amide bonds. The van der Waals surface area contributed by atoms with Crippen molar-refractivity contribution in [3.05, 3.63) is 0 Å². The first-order chi connectivity index (χ1) is 5.41. The number of halogens is 1. The molecule has 0 aliphatic carbocycles. The molecule has 0 atom stereocenters. The van der Waals surface area contributed by atoms with Gasteiger partial charge in [0.15, 0.2) is 0 Å². The zero-order valence-electron chi connectivity index (χ0n) is 7.12. The van der Waals surface area contributed by atoms with Crippen LogP contribution in [-0.4, -0.2) is 13.1 Å². The second-order valence-electron chi connectivity index (χ2n) is 2.51. The van der Waals surface area contributed by atoms with Crippen molar-refractivity contribution in [3.8, 4) is 9.85 Å². The summed E-state index contributed by atoms with van der Waals surface area (Å²) in [5, 5.41) is 3.27. The summed E-state index contributed by atoms with van der Waals surface area (Å²) in [6.07, 6.45) is 5.31. The molecule has 0 spiro atoms. The van der Waals surface area contributed by atoms with E-state index in [4.69, 9.17) is 0 Å². The lowest BCUT2D eigenvalue weighted by atomic mass is 10.2. The van der Waals surface area contributed by atoms with E-state index in [0.717, 1.165) is 13.1 Å². The Morgan fingerprint density at radius 2 is 2.09 bits per heavy atom. The topological polar surface area (TPSA) is 12.0 Å². The Kier molecular flexibility index (Phi) is 10.5. The van der Waals surface area contributed by atoms with Crippen LogP contribution in [0.25, 0.3) is 0 Å². The van der Waals surface area contributed by atoms with Gasteiger partial charge in [0, 0.05) is 22.6 Å². The highest BCUT2D eigenvalue weighted by Gasteiger charge is 1.85. The van der Waals surface area contributed by atoms with Crippen molar-refractivity contribution in [1.29, 1.82) is 0 Å². The lowest BCUT2D eigenvalue weighted by molar-refractivity contribution is 0.623. The van der Waals surface area contributed by atoms with Gasteiger partial charge in [-0.25, -0.2) is 0 Å². The molecule has 0 aliphatic rings. The summed E-state index contributed by atoms with van der Waals surface area (Å²) in [6, 6.07) is 0. The number of hydrogen-bond donors (Lipinski definition) is 1. The minimum Gasteiger partial charge on any atom is -0.306 e. The molecule has 0 rings (SSSR count). The van der Waals surface area contributed by atoms with Crippen LogP contribution < -0.4 is 5.32 Å². The molecule has 11 heavy (non-hydrogen) atoms. The highest BCUT2D eigenvalue weighted by atomic mass is 127. The van der Waals surface area contributed by atoms with E-state index >= 15 is 0 Å². The Labute approximate surface area is 83.5 Å². The molecule has 0 unspecified atom stereocenters. The van der Waals surface area contributed by atoms with E-state index in [2.05, 4.69) is 44.7 Å². The smallest absolute Gasteiger partial charge is 0.0584 e. The van der Waals surface area contributed by atoms with Crippen LogP contribution in [0.4, 0.5) is 0 Å². The first kappa shape index (κ1) is 11.2. The van der Waals surface area contributed by atoms with Gasteiger partial charge in [0.2, 0.25) is 0 Å². The van der Waals surface area contributed by atoms with Crippen molar-refractivity contribution in [2.24, 2.45) is 0 Å². The number of nitrogens with one attached hydrogen (secondary N) is 1. The number of unbranched alkanes of at least 4 members (excludes halogenated alkanes) is 3. The van der Waals surface area contributed by atoms with Crippen LogP contribution in [0.2, 0.25) is 0 Å². The van der Waals surface area contributed by atoms with Gasteiger partial charge in [0.05, 0.1) is 6.54 Å². The molecule has 0 aromatic carbocycles. The molecular formula is C9H16IN. The lowest BCUT2D eigenvalue weighted by Gasteiger charge is -1.98. The Balaban J connectivity index is 2.83. The monoisotopic (exact) mass is 265 g/mol. The summed E-state index contributed by atoms with van der Waals surface area (Å²) in [5.74, 6) is 2.96. The van der Waals surface area contributed by atoms with Crippen molar-refractivity contribution in [3.63, 3.8) is 0 Å². The fourth-order valence-electron chi connectivity index (χ4n) is 0.861. The predicted molar refractivity (Wildman–Crippen MR) is 58.8 cm³/mol. The molecule has 0 saturated heterocycles. The first-order valence-corrected chi connectivity index (χ1v) is 5.29. The third-order valence-corrected chi connectivity index (χ3v) is 1.87. The van der Waals surface area contributed by atoms with Crippen molar-refractivity contribution in [2.75, 3.05) is 13.1 Å². The number of rotatable bonds is 6. The molecular weight excluding hydrogens is 249 g/mol. The molecule has 64 valence electrons. The quantitative estimate of drug-likeness (QED) is 0.442. The average molecular weight is 265 g/mol. The highest BCUT2D eigenvalue weighted by Crippen LogP contribution is 1.96. The van der Waals surface area contributed by atoms with Crippen molar-refractivity contribution in [2.45, 2.75) is 32.6 Å². The van der Waals surface area contributed by atoms with Crippen LogP contribution in [0.3, 0.4) is 0 Å². The Morgan fingerprint density at radius 1 is 1.27 bits per heavy atom. The molecule has 2 heteroatoms. The minimum absolute atomic E-state index is 0.842. The van der Waals surface area contributed by atoms with Crippen LogP contribution in [0.1, 0.15) is 32.6 Å². The molecule has 0 saturated carbocycles. The van der Waals surface area contributed by atoms with Gasteiger partial charge in [0.1, 0.15) is 0 Å². The summed E-state index contributed by atoms with van der Waals surface area (Å²) in [5.41, 5.74) is 0. The Hall–Kier alpha value is 0.250. The van der Waals surface area contributed by atoms with Crippen molar-refractivity contribution >= 4 is 22.6 Å². The Bertz CT molecular complexity index is 123. The molecule has 1 N–H and O–H groups in total. The maximum absolute atomic E-state index is 3.27. The van der Waals surface area contributed by atoms with Gasteiger partial charge in [-0.2, -0.15) is 0 Å². The van der Waals surface area contributed by atoms with Gasteiger partial charge in [-0.05, 0) is 16.9 Å². The van der Waals surface area contributed by atoms with E-state index in [1.807, 2.05) is 0 Å². The van der Waals surface area contributed by atoms with Gasteiger partial charge in [-0.1, -0.05) is 32.1 Å². The summed E-state index contributed by atoms with van der Waals surface area (Å²) in [4.78, 5) is 0. The predicted octanol–water partition coefficient (Wildman–Crippen LogP) is 2.55. The molecule has 0 bridgehead atoms. The summed E-state index contributed by atoms with van der Waals surface area (Å²) < 4.78 is 2.83. The fourth-order valence-corrected chi connectivity index (χ4v) is 1.05. The third kappa shape index (κ3) is 10.2. The standard InChI is InChI=1S/C9H16IN/c1-2-3-4-5-8-11-9-6-7-10/h11H,2-5,8-9H2,1H3. The van der Waals surface area contributed by atoms with Gasteiger partial charge in [0.25, 0.3) is 0 Å². The van der Waals surface area contributed by atoms with Gasteiger partial charge in [-0.3, -0.25) is 0 Å². The average Bonchev–Trinajstić information content (AvgIpc) is 2.03. The van der Waals surface area contributed by atoms with E-state index in [1.54, 1.807) is 0 Å². The van der Waals surface area contributed by atoms with E-state index in [9.17, 15) is 0 Å². The van der Waals surface area contributed by atoms with Crippen LogP contribution in [0.5, 0.6) is 0 Å². The Morgan fingerprint density at radius 3 is 2.73 bits per heavy atom. The van der Waals surface area contributed by atoms with Gasteiger partial charge in [-0.15, -0.1) is 0 Å². The van der Waals surface area contributed by atoms with E-state index in [-0.39, 0.29) is 0 Å². The zero-order chi connectivity index (χ0) is 8.36. The molecule has 0 fully saturated rings. The minimum atomic E-state index is 0.842. The highest BCUT2D eigenvalue weighted by molar-refractivity contribution is 14.1. The second-order valence-corrected chi connectivity index (χ2v) is 3.05. The van der Waals surface area contributed by atoms with Crippen LogP contribution >= 0.6 is 22.6 Å².